The Labute approximate surface area is 170 Å². The summed E-state index contributed by atoms with van der Waals surface area (Å²) in [5.41, 5.74) is 2.09. The summed E-state index contributed by atoms with van der Waals surface area (Å²) in [5.74, 6) is 2.27. The summed E-state index contributed by atoms with van der Waals surface area (Å²) in [5, 5.41) is 2.85. The first-order valence-electron chi connectivity index (χ1n) is 9.00. The van der Waals surface area contributed by atoms with Crippen LogP contribution < -0.4 is 24.3 Å². The number of anilines is 1. The lowest BCUT2D eigenvalue weighted by Crippen LogP contribution is -2.14. The van der Waals surface area contributed by atoms with Crippen molar-refractivity contribution in [1.29, 1.82) is 0 Å². The third-order valence-electron chi connectivity index (χ3n) is 4.29. The first-order valence-corrected chi connectivity index (χ1v) is 9.00. The SMILES string of the molecule is COc1ccc(C(=O)Nc2ccc(Oc3cccc(C)c3)cc2)c(OC)c1OC. The van der Waals surface area contributed by atoms with Crippen LogP contribution in [0.3, 0.4) is 0 Å². The van der Waals surface area contributed by atoms with Crippen LogP contribution in [-0.4, -0.2) is 27.2 Å². The molecule has 0 saturated heterocycles. The molecule has 0 spiro atoms. The molecule has 1 amide bonds. The normalized spacial score (nSPS) is 10.2. The highest BCUT2D eigenvalue weighted by Gasteiger charge is 2.20. The number of nitrogens with one attached hydrogen (secondary N) is 1. The summed E-state index contributed by atoms with van der Waals surface area (Å²) in [6.07, 6.45) is 0. The van der Waals surface area contributed by atoms with Crippen LogP contribution in [0, 0.1) is 6.92 Å². The zero-order valence-corrected chi connectivity index (χ0v) is 16.8. The Morgan fingerprint density at radius 3 is 2.14 bits per heavy atom. The second-order valence-corrected chi connectivity index (χ2v) is 6.28. The van der Waals surface area contributed by atoms with Crippen molar-refractivity contribution in [3.63, 3.8) is 0 Å². The van der Waals surface area contributed by atoms with Crippen molar-refractivity contribution in [1.82, 2.24) is 0 Å². The number of aryl methyl sites for hydroxylation is 1. The van der Waals surface area contributed by atoms with E-state index in [4.69, 9.17) is 18.9 Å². The van der Waals surface area contributed by atoms with Gasteiger partial charge in [-0.25, -0.2) is 0 Å². The third kappa shape index (κ3) is 4.60. The first kappa shape index (κ1) is 20.1. The van der Waals surface area contributed by atoms with Gasteiger partial charge in [0, 0.05) is 5.69 Å². The van der Waals surface area contributed by atoms with E-state index >= 15 is 0 Å². The van der Waals surface area contributed by atoms with E-state index in [1.165, 1.54) is 21.3 Å². The fourth-order valence-electron chi connectivity index (χ4n) is 2.90. The second kappa shape index (κ2) is 9.01. The zero-order chi connectivity index (χ0) is 20.8. The Bertz CT molecular complexity index is 999. The lowest BCUT2D eigenvalue weighted by Gasteiger charge is -2.15. The number of rotatable bonds is 7. The van der Waals surface area contributed by atoms with Crippen molar-refractivity contribution in [3.05, 3.63) is 71.8 Å². The molecule has 150 valence electrons. The molecule has 6 nitrogen and oxygen atoms in total. The van der Waals surface area contributed by atoms with E-state index in [0.29, 0.717) is 34.2 Å². The van der Waals surface area contributed by atoms with Gasteiger partial charge in [0.2, 0.25) is 5.75 Å². The highest BCUT2D eigenvalue weighted by Crippen LogP contribution is 2.40. The topological polar surface area (TPSA) is 66.0 Å². The molecule has 29 heavy (non-hydrogen) atoms. The monoisotopic (exact) mass is 393 g/mol. The van der Waals surface area contributed by atoms with Crippen LogP contribution in [0.2, 0.25) is 0 Å². The first-order chi connectivity index (χ1) is 14.0. The van der Waals surface area contributed by atoms with Crippen molar-refractivity contribution in [2.45, 2.75) is 6.92 Å². The quantitative estimate of drug-likeness (QED) is 0.607. The van der Waals surface area contributed by atoms with Gasteiger partial charge < -0.3 is 24.3 Å². The van der Waals surface area contributed by atoms with E-state index in [1.54, 1.807) is 36.4 Å². The van der Waals surface area contributed by atoms with Crippen LogP contribution in [-0.2, 0) is 0 Å². The summed E-state index contributed by atoms with van der Waals surface area (Å²) in [7, 11) is 4.50. The molecule has 0 atom stereocenters. The van der Waals surface area contributed by atoms with Crippen LogP contribution in [0.25, 0.3) is 0 Å². The van der Waals surface area contributed by atoms with Gasteiger partial charge in [0.1, 0.15) is 11.5 Å². The van der Waals surface area contributed by atoms with E-state index in [-0.39, 0.29) is 5.91 Å². The van der Waals surface area contributed by atoms with E-state index in [2.05, 4.69) is 5.32 Å². The average molecular weight is 393 g/mol. The zero-order valence-electron chi connectivity index (χ0n) is 16.8. The van der Waals surface area contributed by atoms with E-state index in [9.17, 15) is 4.79 Å². The molecule has 6 heteroatoms. The van der Waals surface area contributed by atoms with Gasteiger partial charge in [-0.3, -0.25) is 4.79 Å². The summed E-state index contributed by atoms with van der Waals surface area (Å²) >= 11 is 0. The molecule has 0 unspecified atom stereocenters. The minimum absolute atomic E-state index is 0.309. The molecule has 3 rings (SSSR count). The predicted octanol–water partition coefficient (Wildman–Crippen LogP) is 5.07. The van der Waals surface area contributed by atoms with Gasteiger partial charge in [0.25, 0.3) is 5.91 Å². The number of amides is 1. The molecule has 0 aliphatic carbocycles. The maximum absolute atomic E-state index is 12.8. The smallest absolute Gasteiger partial charge is 0.259 e. The highest BCUT2D eigenvalue weighted by atomic mass is 16.5. The number of carbonyl (C=O) groups is 1. The Kier molecular flexibility index (Phi) is 6.24. The number of methoxy groups -OCH3 is 3. The molecule has 0 fully saturated rings. The standard InChI is InChI=1S/C23H23NO5/c1-15-6-5-7-18(14-15)29-17-10-8-16(9-11-17)24-23(25)19-12-13-20(26-2)22(28-4)21(19)27-3/h5-14H,1-4H3,(H,24,25). The van der Waals surface area contributed by atoms with E-state index in [1.807, 2.05) is 31.2 Å². The average Bonchev–Trinajstić information content (AvgIpc) is 2.73. The highest BCUT2D eigenvalue weighted by molar-refractivity contribution is 6.07. The van der Waals surface area contributed by atoms with Crippen molar-refractivity contribution in [3.8, 4) is 28.7 Å². The summed E-state index contributed by atoms with van der Waals surface area (Å²) in [6.45, 7) is 2.01. The lowest BCUT2D eigenvalue weighted by molar-refractivity contribution is 0.102. The van der Waals surface area contributed by atoms with Crippen molar-refractivity contribution >= 4 is 11.6 Å². The van der Waals surface area contributed by atoms with E-state index in [0.717, 1.165) is 11.3 Å². The molecule has 3 aromatic rings. The van der Waals surface area contributed by atoms with Gasteiger partial charge in [-0.15, -0.1) is 0 Å². The molecule has 0 radical (unpaired) electrons. The van der Waals surface area contributed by atoms with E-state index < -0.39 is 0 Å². The molecule has 0 heterocycles. The molecular weight excluding hydrogens is 370 g/mol. The molecule has 3 aromatic carbocycles. The molecule has 0 aliphatic heterocycles. The van der Waals surface area contributed by atoms with Gasteiger partial charge >= 0.3 is 0 Å². The number of hydrogen-bond donors (Lipinski definition) is 1. The Balaban J connectivity index is 1.76. The molecule has 1 N–H and O–H groups in total. The van der Waals surface area contributed by atoms with Crippen molar-refractivity contribution < 1.29 is 23.7 Å². The van der Waals surface area contributed by atoms with Gasteiger partial charge in [0.05, 0.1) is 26.9 Å². The fraction of sp³-hybridized carbons (Fsp3) is 0.174. The molecule has 0 aromatic heterocycles. The van der Waals surface area contributed by atoms with Crippen LogP contribution in [0.15, 0.2) is 60.7 Å². The van der Waals surface area contributed by atoms with Crippen LogP contribution in [0.1, 0.15) is 15.9 Å². The molecule has 0 saturated carbocycles. The fourth-order valence-corrected chi connectivity index (χ4v) is 2.90. The van der Waals surface area contributed by atoms with Crippen LogP contribution >= 0.6 is 0 Å². The van der Waals surface area contributed by atoms with Gasteiger partial charge in [0.15, 0.2) is 11.5 Å². The Morgan fingerprint density at radius 2 is 1.52 bits per heavy atom. The summed E-state index contributed by atoms with van der Waals surface area (Å²) in [6, 6.07) is 18.2. The Hall–Kier alpha value is -3.67. The van der Waals surface area contributed by atoms with Gasteiger partial charge in [-0.1, -0.05) is 12.1 Å². The van der Waals surface area contributed by atoms with Crippen LogP contribution in [0.4, 0.5) is 5.69 Å². The lowest BCUT2D eigenvalue weighted by atomic mass is 10.1. The molecule has 0 bridgehead atoms. The summed E-state index contributed by atoms with van der Waals surface area (Å²) < 4.78 is 21.8. The molecule has 0 aliphatic rings. The predicted molar refractivity (Wildman–Crippen MR) is 112 cm³/mol. The second-order valence-electron chi connectivity index (χ2n) is 6.28. The maximum atomic E-state index is 12.8. The number of carbonyl (C=O) groups excluding carboxylic acids is 1. The van der Waals surface area contributed by atoms with Crippen LogP contribution in [0.5, 0.6) is 28.7 Å². The minimum Gasteiger partial charge on any atom is -0.493 e. The number of ether oxygens (including phenoxy) is 4. The minimum atomic E-state index is -0.324. The summed E-state index contributed by atoms with van der Waals surface area (Å²) in [4.78, 5) is 12.8. The molecular formula is C23H23NO5. The van der Waals surface area contributed by atoms with Crippen molar-refractivity contribution in [2.75, 3.05) is 26.6 Å². The number of hydrogen-bond acceptors (Lipinski definition) is 5. The Morgan fingerprint density at radius 1 is 0.793 bits per heavy atom. The number of benzene rings is 3. The third-order valence-corrected chi connectivity index (χ3v) is 4.29. The van der Waals surface area contributed by atoms with Gasteiger partial charge in [-0.05, 0) is 61.0 Å². The van der Waals surface area contributed by atoms with Crippen molar-refractivity contribution in [2.24, 2.45) is 0 Å². The van der Waals surface area contributed by atoms with Gasteiger partial charge in [-0.2, -0.15) is 0 Å². The maximum Gasteiger partial charge on any atom is 0.259 e. The largest absolute Gasteiger partial charge is 0.493 e.